The van der Waals surface area contributed by atoms with Gasteiger partial charge in [-0.2, -0.15) is 5.10 Å². The maximum Gasteiger partial charge on any atom is 0.133 e. The fourth-order valence-electron chi connectivity index (χ4n) is 3.53. The van der Waals surface area contributed by atoms with E-state index in [1.165, 1.54) is 29.5 Å². The van der Waals surface area contributed by atoms with Crippen molar-refractivity contribution in [3.8, 4) is 22.7 Å². The van der Waals surface area contributed by atoms with Crippen molar-refractivity contribution in [2.75, 3.05) is 19.0 Å². The molecule has 4 nitrogen and oxygen atoms in total. The molecule has 1 aliphatic heterocycles. The molecule has 0 spiro atoms. The third-order valence-corrected chi connectivity index (χ3v) is 5.23. The molecule has 134 valence electrons. The quantitative estimate of drug-likeness (QED) is 0.731. The third-order valence-electron chi connectivity index (χ3n) is 5.23. The second-order valence-electron chi connectivity index (χ2n) is 6.97. The number of hydrogen-bond donors (Lipinski definition) is 1. The van der Waals surface area contributed by atoms with Gasteiger partial charge >= 0.3 is 0 Å². The first-order chi connectivity index (χ1) is 12.7. The first-order valence-electron chi connectivity index (χ1n) is 9.25. The van der Waals surface area contributed by atoms with E-state index in [9.17, 15) is 0 Å². The maximum atomic E-state index is 5.30. The van der Waals surface area contributed by atoms with Crippen molar-refractivity contribution in [2.45, 2.75) is 33.1 Å². The molecule has 0 fully saturated rings. The van der Waals surface area contributed by atoms with Crippen LogP contribution in [0.5, 0.6) is 5.75 Å². The summed E-state index contributed by atoms with van der Waals surface area (Å²) in [5.74, 6) is 2.00. The number of hydrogen-bond acceptors (Lipinski definition) is 3. The molecule has 1 aliphatic rings. The van der Waals surface area contributed by atoms with Crippen LogP contribution < -0.4 is 10.1 Å². The molecule has 0 unspecified atom stereocenters. The van der Waals surface area contributed by atoms with Gasteiger partial charge < -0.3 is 10.1 Å². The molecule has 0 bridgehead atoms. The summed E-state index contributed by atoms with van der Waals surface area (Å²) in [4.78, 5) is 0. The van der Waals surface area contributed by atoms with Gasteiger partial charge in [0.2, 0.25) is 0 Å². The Balaban J connectivity index is 1.86. The van der Waals surface area contributed by atoms with Crippen molar-refractivity contribution >= 4 is 5.82 Å². The maximum absolute atomic E-state index is 5.30. The van der Waals surface area contributed by atoms with Gasteiger partial charge in [-0.25, -0.2) is 4.68 Å². The summed E-state index contributed by atoms with van der Waals surface area (Å²) in [6.07, 6.45) is 3.42. The van der Waals surface area contributed by atoms with Crippen LogP contribution in [0.4, 0.5) is 5.82 Å². The fraction of sp³-hybridized carbons (Fsp3) is 0.318. The zero-order valence-corrected chi connectivity index (χ0v) is 15.7. The lowest BCUT2D eigenvalue weighted by molar-refractivity contribution is 0.415. The number of ether oxygens (including phenoxy) is 1. The lowest BCUT2D eigenvalue weighted by Crippen LogP contribution is -2.07. The number of nitrogens with zero attached hydrogens (tertiary/aromatic N) is 2. The molecular formula is C22H25N3O. The van der Waals surface area contributed by atoms with E-state index in [2.05, 4.69) is 54.2 Å². The number of anilines is 1. The van der Waals surface area contributed by atoms with E-state index >= 15 is 0 Å². The number of fused-ring (bicyclic) bond motifs is 1. The van der Waals surface area contributed by atoms with Gasteiger partial charge in [0.15, 0.2) is 0 Å². The summed E-state index contributed by atoms with van der Waals surface area (Å²) in [7, 11) is 1.69. The minimum Gasteiger partial charge on any atom is -0.497 e. The van der Waals surface area contributed by atoms with E-state index in [1.54, 1.807) is 7.11 Å². The van der Waals surface area contributed by atoms with Gasteiger partial charge in [-0.15, -0.1) is 0 Å². The third kappa shape index (κ3) is 2.96. The van der Waals surface area contributed by atoms with Crippen molar-refractivity contribution in [1.29, 1.82) is 0 Å². The predicted molar refractivity (Wildman–Crippen MR) is 106 cm³/mol. The smallest absolute Gasteiger partial charge is 0.133 e. The molecule has 0 radical (unpaired) electrons. The second-order valence-corrected chi connectivity index (χ2v) is 6.97. The van der Waals surface area contributed by atoms with Gasteiger partial charge in [-0.05, 0) is 80.6 Å². The molecular weight excluding hydrogens is 322 g/mol. The van der Waals surface area contributed by atoms with Crippen LogP contribution in [0.1, 0.15) is 29.5 Å². The summed E-state index contributed by atoms with van der Waals surface area (Å²) in [6.45, 7) is 5.29. The summed E-state index contributed by atoms with van der Waals surface area (Å²) in [5.41, 5.74) is 7.20. The lowest BCUT2D eigenvalue weighted by Gasteiger charge is -2.10. The van der Waals surface area contributed by atoms with Crippen LogP contribution in [0.2, 0.25) is 0 Å². The second kappa shape index (κ2) is 6.87. The molecule has 0 amide bonds. The lowest BCUT2D eigenvalue weighted by atomic mass is 10.0. The summed E-state index contributed by atoms with van der Waals surface area (Å²) < 4.78 is 7.37. The average molecular weight is 347 g/mol. The molecule has 0 saturated carbocycles. The first-order valence-corrected chi connectivity index (χ1v) is 9.25. The van der Waals surface area contributed by atoms with Crippen LogP contribution in [-0.2, 0) is 6.42 Å². The SMILES string of the molecule is COc1ccc(-c2nn(-c3ccc(C)c(C)c3)c3c2CCCCN3)cc1. The molecule has 1 aromatic heterocycles. The van der Waals surface area contributed by atoms with Crippen LogP contribution in [0.25, 0.3) is 16.9 Å². The topological polar surface area (TPSA) is 39.1 Å². The van der Waals surface area contributed by atoms with Crippen molar-refractivity contribution < 1.29 is 4.74 Å². The molecule has 0 aliphatic carbocycles. The van der Waals surface area contributed by atoms with E-state index < -0.39 is 0 Å². The monoisotopic (exact) mass is 347 g/mol. The van der Waals surface area contributed by atoms with Crippen LogP contribution in [0, 0.1) is 13.8 Å². The van der Waals surface area contributed by atoms with Gasteiger partial charge in [0.1, 0.15) is 11.6 Å². The highest BCUT2D eigenvalue weighted by Gasteiger charge is 2.21. The Morgan fingerprint density at radius 3 is 2.54 bits per heavy atom. The Hall–Kier alpha value is -2.75. The Kier molecular flexibility index (Phi) is 4.41. The molecule has 26 heavy (non-hydrogen) atoms. The Morgan fingerprint density at radius 1 is 1.00 bits per heavy atom. The molecule has 4 heteroatoms. The summed E-state index contributed by atoms with van der Waals surface area (Å²) in [6, 6.07) is 14.7. The Morgan fingerprint density at radius 2 is 1.81 bits per heavy atom. The molecule has 3 aromatic rings. The standard InChI is InChI=1S/C22H25N3O/c1-15-7-10-18(14-16(15)2)25-22-20(6-4-5-13-23-22)21(24-25)17-8-11-19(26-3)12-9-17/h7-12,14,23H,4-6,13H2,1-3H3. The highest BCUT2D eigenvalue weighted by Crippen LogP contribution is 2.34. The predicted octanol–water partition coefficient (Wildman–Crippen LogP) is 4.91. The van der Waals surface area contributed by atoms with Crippen LogP contribution in [0.3, 0.4) is 0 Å². The zero-order chi connectivity index (χ0) is 18.1. The largest absolute Gasteiger partial charge is 0.497 e. The van der Waals surface area contributed by atoms with Crippen LogP contribution in [0.15, 0.2) is 42.5 Å². The normalized spacial score (nSPS) is 13.7. The van der Waals surface area contributed by atoms with Crippen molar-refractivity contribution in [1.82, 2.24) is 9.78 Å². The number of aryl methyl sites for hydroxylation is 2. The number of nitrogens with one attached hydrogen (secondary N) is 1. The number of aromatic nitrogens is 2. The molecule has 1 N–H and O–H groups in total. The molecule has 0 atom stereocenters. The molecule has 2 heterocycles. The minimum atomic E-state index is 0.867. The fourth-order valence-corrected chi connectivity index (χ4v) is 3.53. The van der Waals surface area contributed by atoms with Gasteiger partial charge in [0.25, 0.3) is 0 Å². The summed E-state index contributed by atoms with van der Waals surface area (Å²) in [5, 5.41) is 8.63. The number of methoxy groups -OCH3 is 1. The Labute approximate surface area is 154 Å². The highest BCUT2D eigenvalue weighted by atomic mass is 16.5. The Bertz CT molecular complexity index is 925. The van der Waals surface area contributed by atoms with Gasteiger partial charge in [-0.3, -0.25) is 0 Å². The van der Waals surface area contributed by atoms with E-state index in [4.69, 9.17) is 9.84 Å². The van der Waals surface area contributed by atoms with Crippen molar-refractivity contribution in [3.63, 3.8) is 0 Å². The van der Waals surface area contributed by atoms with E-state index in [0.717, 1.165) is 41.5 Å². The van der Waals surface area contributed by atoms with E-state index in [1.807, 2.05) is 12.1 Å². The zero-order valence-electron chi connectivity index (χ0n) is 15.7. The van der Waals surface area contributed by atoms with E-state index in [-0.39, 0.29) is 0 Å². The number of rotatable bonds is 3. The van der Waals surface area contributed by atoms with Gasteiger partial charge in [0.05, 0.1) is 18.5 Å². The molecule has 4 rings (SSSR count). The number of benzene rings is 2. The van der Waals surface area contributed by atoms with E-state index in [0.29, 0.717) is 0 Å². The van der Waals surface area contributed by atoms with Crippen LogP contribution >= 0.6 is 0 Å². The summed E-state index contributed by atoms with van der Waals surface area (Å²) >= 11 is 0. The van der Waals surface area contributed by atoms with Crippen LogP contribution in [-0.4, -0.2) is 23.4 Å². The van der Waals surface area contributed by atoms with Crippen molar-refractivity contribution in [2.24, 2.45) is 0 Å². The highest BCUT2D eigenvalue weighted by molar-refractivity contribution is 5.71. The minimum absolute atomic E-state index is 0.867. The first kappa shape index (κ1) is 16.7. The van der Waals surface area contributed by atoms with Gasteiger partial charge in [0, 0.05) is 17.7 Å². The molecule has 0 saturated heterocycles. The van der Waals surface area contributed by atoms with Crippen molar-refractivity contribution in [3.05, 3.63) is 59.2 Å². The average Bonchev–Trinajstić information content (AvgIpc) is 2.85. The van der Waals surface area contributed by atoms with Gasteiger partial charge in [-0.1, -0.05) is 6.07 Å². The molecule has 2 aromatic carbocycles.